The first-order chi connectivity index (χ1) is 12.4. The van der Waals surface area contributed by atoms with Crippen molar-refractivity contribution in [2.75, 3.05) is 32.7 Å². The summed E-state index contributed by atoms with van der Waals surface area (Å²) in [5.74, 6) is -1.23. The van der Waals surface area contributed by atoms with Gasteiger partial charge in [0.15, 0.2) is 0 Å². The van der Waals surface area contributed by atoms with Crippen LogP contribution in [0.3, 0.4) is 0 Å². The Balaban J connectivity index is 1.91. The standard InChI is InChI=1S/C17H26F3N3O4/c1-16(2,3)27-15(26)23-6-4-5-12(23)14(25)22-9-7-21(8-10-22)13(24)11-17(18,19)20/h12H,4-11H2,1-3H3/t12-/m0/s1. The average Bonchev–Trinajstić information content (AvgIpc) is 3.01. The van der Waals surface area contributed by atoms with Crippen LogP contribution >= 0.6 is 0 Å². The van der Waals surface area contributed by atoms with Gasteiger partial charge in [-0.2, -0.15) is 13.2 Å². The van der Waals surface area contributed by atoms with E-state index in [0.29, 0.717) is 19.4 Å². The lowest BCUT2D eigenvalue weighted by Gasteiger charge is -2.37. The number of carbonyl (C=O) groups excluding carboxylic acids is 3. The maximum absolute atomic E-state index is 12.8. The van der Waals surface area contributed by atoms with Crippen molar-refractivity contribution < 1.29 is 32.3 Å². The van der Waals surface area contributed by atoms with E-state index in [2.05, 4.69) is 0 Å². The molecule has 0 radical (unpaired) electrons. The highest BCUT2D eigenvalue weighted by Gasteiger charge is 2.40. The van der Waals surface area contributed by atoms with Crippen molar-refractivity contribution in [3.8, 4) is 0 Å². The predicted octanol–water partition coefficient (Wildman–Crippen LogP) is 2.01. The van der Waals surface area contributed by atoms with E-state index >= 15 is 0 Å². The molecule has 0 saturated carbocycles. The quantitative estimate of drug-likeness (QED) is 0.720. The van der Waals surface area contributed by atoms with Crippen LogP contribution in [0, 0.1) is 0 Å². The number of piperazine rings is 1. The van der Waals surface area contributed by atoms with Gasteiger partial charge in [-0.15, -0.1) is 0 Å². The second kappa shape index (κ2) is 7.93. The molecule has 1 atom stereocenters. The third-order valence-corrected chi connectivity index (χ3v) is 4.46. The van der Waals surface area contributed by atoms with Crippen LogP contribution in [0.15, 0.2) is 0 Å². The molecule has 2 rings (SSSR count). The number of nitrogens with zero attached hydrogens (tertiary/aromatic N) is 3. The summed E-state index contributed by atoms with van der Waals surface area (Å²) in [7, 11) is 0. The van der Waals surface area contributed by atoms with Crippen molar-refractivity contribution in [2.24, 2.45) is 0 Å². The fraction of sp³-hybridized carbons (Fsp3) is 0.824. The van der Waals surface area contributed by atoms with E-state index in [1.807, 2.05) is 0 Å². The van der Waals surface area contributed by atoms with Crippen LogP contribution < -0.4 is 0 Å². The summed E-state index contributed by atoms with van der Waals surface area (Å²) in [6.45, 7) is 6.08. The summed E-state index contributed by atoms with van der Waals surface area (Å²) in [5, 5.41) is 0. The Kier molecular flexibility index (Phi) is 6.26. The molecule has 27 heavy (non-hydrogen) atoms. The fourth-order valence-electron chi connectivity index (χ4n) is 3.23. The minimum absolute atomic E-state index is 0.0554. The van der Waals surface area contributed by atoms with Gasteiger partial charge in [-0.25, -0.2) is 4.79 Å². The molecule has 2 aliphatic heterocycles. The van der Waals surface area contributed by atoms with Crippen molar-refractivity contribution >= 4 is 17.9 Å². The Bertz CT molecular complexity index is 581. The first kappa shape index (κ1) is 21.3. The van der Waals surface area contributed by atoms with Crippen molar-refractivity contribution in [3.05, 3.63) is 0 Å². The van der Waals surface area contributed by atoms with Crippen LogP contribution in [0.4, 0.5) is 18.0 Å². The average molecular weight is 393 g/mol. The highest BCUT2D eigenvalue weighted by atomic mass is 19.4. The molecule has 0 aromatic heterocycles. The molecule has 154 valence electrons. The molecule has 2 saturated heterocycles. The van der Waals surface area contributed by atoms with Gasteiger partial charge >= 0.3 is 12.3 Å². The third kappa shape index (κ3) is 6.00. The van der Waals surface area contributed by atoms with Gasteiger partial charge in [0, 0.05) is 32.7 Å². The van der Waals surface area contributed by atoms with E-state index < -0.39 is 36.2 Å². The van der Waals surface area contributed by atoms with Crippen LogP contribution in [-0.4, -0.2) is 83.2 Å². The SMILES string of the molecule is CC(C)(C)OC(=O)N1CCC[C@H]1C(=O)N1CCN(C(=O)CC(F)(F)F)CC1. The van der Waals surface area contributed by atoms with Gasteiger partial charge in [0.25, 0.3) is 0 Å². The Morgan fingerprint density at radius 2 is 1.52 bits per heavy atom. The summed E-state index contributed by atoms with van der Waals surface area (Å²) in [4.78, 5) is 40.8. The normalized spacial score (nSPS) is 21.4. The maximum Gasteiger partial charge on any atom is 0.410 e. The zero-order valence-electron chi connectivity index (χ0n) is 15.8. The molecule has 0 aromatic carbocycles. The lowest BCUT2D eigenvalue weighted by Crippen LogP contribution is -2.56. The zero-order chi connectivity index (χ0) is 20.4. The molecule has 0 bridgehead atoms. The summed E-state index contributed by atoms with van der Waals surface area (Å²) in [5.41, 5.74) is -0.669. The minimum atomic E-state index is -4.54. The molecule has 2 heterocycles. The molecular weight excluding hydrogens is 367 g/mol. The molecule has 2 fully saturated rings. The first-order valence-electron chi connectivity index (χ1n) is 9.00. The Labute approximate surface area is 156 Å². The number of hydrogen-bond acceptors (Lipinski definition) is 4. The van der Waals surface area contributed by atoms with Crippen molar-refractivity contribution in [3.63, 3.8) is 0 Å². The van der Waals surface area contributed by atoms with Crippen LogP contribution in [0.2, 0.25) is 0 Å². The molecular formula is C17H26F3N3O4. The second-order valence-corrected chi connectivity index (χ2v) is 7.83. The van der Waals surface area contributed by atoms with Crippen LogP contribution in [0.5, 0.6) is 0 Å². The molecule has 10 heteroatoms. The maximum atomic E-state index is 12.8. The van der Waals surface area contributed by atoms with E-state index in [1.165, 1.54) is 9.80 Å². The smallest absolute Gasteiger partial charge is 0.410 e. The number of ether oxygens (including phenoxy) is 1. The van der Waals surface area contributed by atoms with Gasteiger partial charge in [0.05, 0.1) is 0 Å². The van der Waals surface area contributed by atoms with Crippen molar-refractivity contribution in [2.45, 2.75) is 57.9 Å². The second-order valence-electron chi connectivity index (χ2n) is 7.83. The molecule has 0 spiro atoms. The number of amides is 3. The lowest BCUT2D eigenvalue weighted by atomic mass is 10.1. The summed E-state index contributed by atoms with van der Waals surface area (Å²) in [6, 6.07) is -0.628. The minimum Gasteiger partial charge on any atom is -0.444 e. The van der Waals surface area contributed by atoms with E-state index in [4.69, 9.17) is 4.74 Å². The number of alkyl halides is 3. The van der Waals surface area contributed by atoms with Gasteiger partial charge in [-0.3, -0.25) is 14.5 Å². The van der Waals surface area contributed by atoms with Gasteiger partial charge < -0.3 is 14.5 Å². The Morgan fingerprint density at radius 1 is 0.963 bits per heavy atom. The highest BCUT2D eigenvalue weighted by molar-refractivity contribution is 5.86. The number of hydrogen-bond donors (Lipinski definition) is 0. The van der Waals surface area contributed by atoms with Gasteiger partial charge in [0.1, 0.15) is 18.1 Å². The fourth-order valence-corrected chi connectivity index (χ4v) is 3.23. The van der Waals surface area contributed by atoms with E-state index in [1.54, 1.807) is 20.8 Å². The lowest BCUT2D eigenvalue weighted by molar-refractivity contribution is -0.163. The monoisotopic (exact) mass is 393 g/mol. The first-order valence-corrected chi connectivity index (χ1v) is 9.00. The largest absolute Gasteiger partial charge is 0.444 e. The molecule has 0 aliphatic carbocycles. The van der Waals surface area contributed by atoms with Gasteiger partial charge in [0.2, 0.25) is 11.8 Å². The number of likely N-dealkylation sites (tertiary alicyclic amines) is 1. The van der Waals surface area contributed by atoms with Gasteiger partial charge in [-0.05, 0) is 33.6 Å². The molecule has 3 amide bonds. The summed E-state index contributed by atoms with van der Waals surface area (Å²) in [6.07, 6.45) is -5.37. The zero-order valence-corrected chi connectivity index (χ0v) is 15.8. The highest BCUT2D eigenvalue weighted by Crippen LogP contribution is 2.24. The number of carbonyl (C=O) groups is 3. The van der Waals surface area contributed by atoms with Crippen molar-refractivity contribution in [1.29, 1.82) is 0 Å². The summed E-state index contributed by atoms with van der Waals surface area (Å²) >= 11 is 0. The molecule has 0 aromatic rings. The topological polar surface area (TPSA) is 70.2 Å². The molecule has 2 aliphatic rings. The summed E-state index contributed by atoms with van der Waals surface area (Å²) < 4.78 is 42.4. The number of halogens is 3. The predicted molar refractivity (Wildman–Crippen MR) is 89.8 cm³/mol. The molecule has 0 unspecified atom stereocenters. The number of rotatable bonds is 2. The van der Waals surface area contributed by atoms with Crippen LogP contribution in [0.1, 0.15) is 40.0 Å². The van der Waals surface area contributed by atoms with Crippen LogP contribution in [0.25, 0.3) is 0 Å². The van der Waals surface area contributed by atoms with Crippen LogP contribution in [-0.2, 0) is 14.3 Å². The third-order valence-electron chi connectivity index (χ3n) is 4.46. The molecule has 0 N–H and O–H groups in total. The van der Waals surface area contributed by atoms with Crippen molar-refractivity contribution in [1.82, 2.24) is 14.7 Å². The van der Waals surface area contributed by atoms with E-state index in [9.17, 15) is 27.6 Å². The van der Waals surface area contributed by atoms with Gasteiger partial charge in [-0.1, -0.05) is 0 Å². The van der Waals surface area contributed by atoms with E-state index in [-0.39, 0.29) is 32.1 Å². The Hall–Kier alpha value is -2.00. The molecule has 7 nitrogen and oxygen atoms in total. The van der Waals surface area contributed by atoms with E-state index in [0.717, 1.165) is 4.90 Å². The Morgan fingerprint density at radius 3 is 2.04 bits per heavy atom.